The fourth-order valence-electron chi connectivity index (χ4n) is 8.82. The van der Waals surface area contributed by atoms with Gasteiger partial charge in [-0.15, -0.1) is 0 Å². The van der Waals surface area contributed by atoms with Crippen LogP contribution in [0.3, 0.4) is 0 Å². The summed E-state index contributed by atoms with van der Waals surface area (Å²) in [5, 5.41) is 21.2. The van der Waals surface area contributed by atoms with Gasteiger partial charge in [0.05, 0.1) is 51.9 Å². The van der Waals surface area contributed by atoms with Crippen LogP contribution in [0.2, 0.25) is 0 Å². The number of halogens is 3. The van der Waals surface area contributed by atoms with Crippen LogP contribution in [0.1, 0.15) is 69.0 Å². The van der Waals surface area contributed by atoms with Gasteiger partial charge in [0.15, 0.2) is 5.70 Å². The van der Waals surface area contributed by atoms with E-state index in [-0.39, 0.29) is 16.0 Å². The molecule has 0 unspecified atom stereocenters. The Kier molecular flexibility index (Phi) is 13.7. The van der Waals surface area contributed by atoms with Crippen LogP contribution in [-0.2, 0) is 25.8 Å². The lowest BCUT2D eigenvalue weighted by Gasteiger charge is -2.34. The fourth-order valence-corrected chi connectivity index (χ4v) is 10.5. The zero-order valence-electron chi connectivity index (χ0n) is 40.1. The number of fused-ring (bicyclic) bond motifs is 10. The topological polar surface area (TPSA) is 179 Å². The number of carbonyl (C=O) groups is 2. The van der Waals surface area contributed by atoms with Crippen molar-refractivity contribution in [1.82, 2.24) is 19.9 Å². The summed E-state index contributed by atoms with van der Waals surface area (Å²) in [4.78, 5) is 39.2. The summed E-state index contributed by atoms with van der Waals surface area (Å²) in [6.45, 7) is 5.27. The van der Waals surface area contributed by atoms with E-state index in [2.05, 4.69) is 50.3 Å². The second kappa shape index (κ2) is 20.2. The molecule has 0 saturated carbocycles. The van der Waals surface area contributed by atoms with E-state index in [0.29, 0.717) is 9.87 Å². The second-order valence-corrected chi connectivity index (χ2v) is 19.4. The normalized spacial score (nSPS) is 13.8. The molecule has 8 aromatic rings. The monoisotopic (exact) mass is 1010 g/mol. The molecule has 5 aromatic carbocycles. The molecule has 6 heterocycles. The Bertz CT molecular complexity index is 3820. The van der Waals surface area contributed by atoms with Crippen LogP contribution in [0.25, 0.3) is 62.7 Å². The summed E-state index contributed by atoms with van der Waals surface area (Å²) in [5.74, 6) is -2.16. The van der Waals surface area contributed by atoms with E-state index in [0.717, 1.165) is 96.3 Å². The molecule has 0 amide bonds. The van der Waals surface area contributed by atoms with Gasteiger partial charge in [0.2, 0.25) is 0 Å². The van der Waals surface area contributed by atoms with Crippen LogP contribution in [0.5, 0.6) is 5.75 Å². The van der Waals surface area contributed by atoms with Gasteiger partial charge in [-0.25, -0.2) is 27.5 Å². The Labute approximate surface area is 423 Å². The highest BCUT2D eigenvalue weighted by Gasteiger charge is 2.45. The number of carboxylic acids is 2. The molecule has 11 rings (SSSR count). The van der Waals surface area contributed by atoms with Crippen molar-refractivity contribution >= 4 is 90.4 Å². The second-order valence-electron chi connectivity index (χ2n) is 17.6. The Morgan fingerprint density at radius 3 is 1.73 bits per heavy atom. The molecule has 16 heteroatoms. The number of hydrogen-bond donors (Lipinski definition) is 4. The van der Waals surface area contributed by atoms with Crippen LogP contribution in [0.15, 0.2) is 162 Å². The van der Waals surface area contributed by atoms with Crippen molar-refractivity contribution in [3.63, 3.8) is 0 Å². The number of benzene rings is 5. The number of aromatic amines is 2. The Hall–Kier alpha value is -9.02. The van der Waals surface area contributed by atoms with Gasteiger partial charge < -0.3 is 24.9 Å². The number of anilines is 1. The first-order chi connectivity index (χ1) is 35.3. The van der Waals surface area contributed by atoms with Crippen LogP contribution in [0, 0.1) is 13.8 Å². The van der Waals surface area contributed by atoms with E-state index in [4.69, 9.17) is 9.84 Å². The standard InChI is InChI=1S/C24H18F3NO4S.C20H14N4.C14H14O3/c1-14-11-15(2)13-16(12-14)21-17-7-3-6-10-20(17)33(31,32)28(22(21)23(29)30)19-9-5-4-8-18(19)24(25,26)27;1-2-14-10-16-5-6-18(23-16)12-20-8-7-19(24-20)11-17-4-3-15(22-17)9-13(1)21-14;1-9(14(15)16)10-3-4-12-8-13(17-2)6-5-11(12)7-10/h3-13H,1-2H3,(H,29,30);1-12,21-22H;3-9H,1-2H3,(H,15,16)/t;;9-/m..0/s1. The summed E-state index contributed by atoms with van der Waals surface area (Å²) in [7, 11) is -3.05. The third-order valence-corrected chi connectivity index (χ3v) is 14.0. The average molecular weight is 1010 g/mol. The Balaban J connectivity index is 0.000000144. The maximum atomic E-state index is 13.8. The van der Waals surface area contributed by atoms with Crippen LogP contribution in [0.4, 0.5) is 18.9 Å². The molecule has 0 saturated heterocycles. The highest BCUT2D eigenvalue weighted by atomic mass is 32.2. The SMILES string of the molecule is C1=Cc2cc3ccc(cc4ccc(cc5nc(cc1n2)C=C5)[nH]4)[nH]3.COc1ccc2cc([C@H](C)C(=O)O)ccc2c1.Cc1cc(C)cc(C2=C(C(=O)O)N(c3ccccc3C(F)(F)F)S(=O)(=O)c3ccccc32)c1. The molecular formula is C58H46F3N5O7S. The molecule has 4 N–H and O–H groups in total. The van der Waals surface area contributed by atoms with E-state index >= 15 is 0 Å². The molecule has 74 heavy (non-hydrogen) atoms. The molecular weight excluding hydrogens is 968 g/mol. The third-order valence-electron chi connectivity index (χ3n) is 12.2. The highest BCUT2D eigenvalue weighted by Crippen LogP contribution is 2.46. The molecule has 1 atom stereocenters. The van der Waals surface area contributed by atoms with Gasteiger partial charge in [0.1, 0.15) is 5.75 Å². The number of nitrogens with one attached hydrogen (secondary N) is 2. The van der Waals surface area contributed by atoms with Crippen molar-refractivity contribution in [3.05, 3.63) is 214 Å². The lowest BCUT2D eigenvalue weighted by molar-refractivity contribution is -0.138. The Morgan fingerprint density at radius 2 is 1.16 bits per heavy atom. The van der Waals surface area contributed by atoms with Crippen molar-refractivity contribution in [2.75, 3.05) is 11.4 Å². The summed E-state index contributed by atoms with van der Waals surface area (Å²) in [6, 6.07) is 42.8. The Morgan fingerprint density at radius 1 is 0.635 bits per heavy atom. The maximum absolute atomic E-state index is 13.8. The van der Waals surface area contributed by atoms with E-state index in [1.165, 1.54) is 24.3 Å². The van der Waals surface area contributed by atoms with Gasteiger partial charge >= 0.3 is 18.1 Å². The molecule has 0 aliphatic carbocycles. The van der Waals surface area contributed by atoms with Crippen molar-refractivity contribution in [3.8, 4) is 5.75 Å². The number of rotatable bonds is 6. The summed E-state index contributed by atoms with van der Waals surface area (Å²) in [5.41, 5.74) is 7.97. The van der Waals surface area contributed by atoms with Crippen LogP contribution >= 0.6 is 0 Å². The molecule has 0 fully saturated rings. The average Bonchev–Trinajstić information content (AvgIpc) is 4.21. The predicted molar refractivity (Wildman–Crippen MR) is 283 cm³/mol. The van der Waals surface area contributed by atoms with Crippen LogP contribution < -0.4 is 9.04 Å². The van der Waals surface area contributed by atoms with E-state index in [1.807, 2.05) is 85.0 Å². The number of sulfonamides is 1. The fraction of sp³-hybridized carbons (Fsp3) is 0.103. The first-order valence-electron chi connectivity index (χ1n) is 23.1. The van der Waals surface area contributed by atoms with Gasteiger partial charge in [-0.3, -0.25) is 4.79 Å². The largest absolute Gasteiger partial charge is 0.497 e. The number of carboxylic acid groups (broad SMARTS) is 2. The maximum Gasteiger partial charge on any atom is 0.418 e. The van der Waals surface area contributed by atoms with Crippen molar-refractivity contribution in [2.24, 2.45) is 0 Å². The molecule has 3 aliphatic heterocycles. The van der Waals surface area contributed by atoms with E-state index in [1.54, 1.807) is 46.1 Å². The number of nitrogens with zero attached hydrogens (tertiary/aromatic N) is 3. The molecule has 0 radical (unpaired) electrons. The van der Waals surface area contributed by atoms with Crippen LogP contribution in [-0.4, -0.2) is 57.6 Å². The van der Waals surface area contributed by atoms with Gasteiger partial charge in [0, 0.05) is 33.2 Å². The molecule has 0 spiro atoms. The van der Waals surface area contributed by atoms with Crippen molar-refractivity contribution in [2.45, 2.75) is 37.8 Å². The number of alkyl halides is 3. The number of hydrogen-bond acceptors (Lipinski definition) is 7. The summed E-state index contributed by atoms with van der Waals surface area (Å²) in [6.07, 6.45) is 3.14. The summed E-state index contributed by atoms with van der Waals surface area (Å²) >= 11 is 0. The minimum absolute atomic E-state index is 0.0247. The minimum atomic E-state index is -4.91. The zero-order valence-corrected chi connectivity index (χ0v) is 41.0. The lowest BCUT2D eigenvalue weighted by Crippen LogP contribution is -2.39. The smallest absolute Gasteiger partial charge is 0.418 e. The molecule has 3 aromatic heterocycles. The van der Waals surface area contributed by atoms with Gasteiger partial charge in [-0.2, -0.15) is 13.2 Å². The minimum Gasteiger partial charge on any atom is -0.497 e. The van der Waals surface area contributed by atoms with E-state index < -0.39 is 51.0 Å². The zero-order chi connectivity index (χ0) is 52.5. The number of para-hydroxylation sites is 1. The van der Waals surface area contributed by atoms with Gasteiger partial charge in [-0.05, 0) is 146 Å². The third kappa shape index (κ3) is 10.6. The summed E-state index contributed by atoms with van der Waals surface area (Å²) < 4.78 is 74.0. The number of ether oxygens (including phenoxy) is 1. The number of H-pyrrole nitrogens is 2. The van der Waals surface area contributed by atoms with Gasteiger partial charge in [-0.1, -0.05) is 83.9 Å². The predicted octanol–water partition coefficient (Wildman–Crippen LogP) is 13.1. The molecule has 372 valence electrons. The van der Waals surface area contributed by atoms with Crippen molar-refractivity contribution < 1.29 is 46.1 Å². The number of aryl methyl sites for hydroxylation is 2. The molecule has 3 aliphatic rings. The first-order valence-corrected chi connectivity index (χ1v) is 24.5. The first kappa shape index (κ1) is 49.9. The highest BCUT2D eigenvalue weighted by molar-refractivity contribution is 7.93. The lowest BCUT2D eigenvalue weighted by atomic mass is 9.92. The number of methoxy groups -OCH3 is 1. The quantitative estimate of drug-likeness (QED) is 0.126. The van der Waals surface area contributed by atoms with Gasteiger partial charge in [0.25, 0.3) is 10.0 Å². The number of aliphatic carboxylic acids is 2. The molecule has 12 nitrogen and oxygen atoms in total. The van der Waals surface area contributed by atoms with Crippen molar-refractivity contribution in [1.29, 1.82) is 0 Å². The number of aromatic nitrogens is 4. The molecule has 8 bridgehead atoms. The van der Waals surface area contributed by atoms with E-state index in [9.17, 15) is 36.3 Å².